The van der Waals surface area contributed by atoms with E-state index in [0.717, 1.165) is 24.3 Å². The van der Waals surface area contributed by atoms with Gasteiger partial charge in [0, 0.05) is 18.0 Å². The van der Waals surface area contributed by atoms with Crippen LogP contribution in [0.2, 0.25) is 0 Å². The van der Waals surface area contributed by atoms with Crippen LogP contribution < -0.4 is 20.5 Å². The number of nitrogens with two attached hydrogens (primary N) is 1. The van der Waals surface area contributed by atoms with Gasteiger partial charge in [-0.15, -0.1) is 0 Å². The zero-order chi connectivity index (χ0) is 24.9. The summed E-state index contributed by atoms with van der Waals surface area (Å²) in [5, 5.41) is 11.9. The number of amides is 1. The zero-order valence-corrected chi connectivity index (χ0v) is 17.9. The van der Waals surface area contributed by atoms with Gasteiger partial charge in [0.1, 0.15) is 23.5 Å². The molecular weight excluding hydrogens is 458 g/mol. The summed E-state index contributed by atoms with van der Waals surface area (Å²) >= 11 is 0. The summed E-state index contributed by atoms with van der Waals surface area (Å²) in [5.74, 6) is -1.52. The number of halogens is 4. The summed E-state index contributed by atoms with van der Waals surface area (Å²) in [4.78, 5) is 16.8. The number of aliphatic hydroxyl groups excluding tert-OH is 1. The van der Waals surface area contributed by atoms with E-state index in [1.54, 1.807) is 0 Å². The van der Waals surface area contributed by atoms with Gasteiger partial charge in [-0.2, -0.15) is 13.2 Å². The lowest BCUT2D eigenvalue weighted by Crippen LogP contribution is -2.19. The molecule has 2 aromatic carbocycles. The summed E-state index contributed by atoms with van der Waals surface area (Å²) < 4.78 is 64.5. The molecule has 11 heteroatoms. The van der Waals surface area contributed by atoms with E-state index in [2.05, 4.69) is 10.3 Å². The smallest absolute Gasteiger partial charge is 0.416 e. The van der Waals surface area contributed by atoms with Crippen molar-refractivity contribution in [2.24, 2.45) is 5.73 Å². The standard InChI is InChI=1S/C23H21F4N3O4/c1-33-21-12-16(8-9-29-21)30-22(32)17-5-3-14(23(25,26)27)11-19(17)34-18-6-4-15(24)10-13(18)2-7-20(28)31/h3-6,8-12,20,31H,2,7,28H2,1H3,(H,29,30,32). The van der Waals surface area contributed by atoms with E-state index < -0.39 is 35.4 Å². The predicted octanol–water partition coefficient (Wildman–Crippen LogP) is 4.50. The van der Waals surface area contributed by atoms with Crippen LogP contribution in [0.1, 0.15) is 27.9 Å². The van der Waals surface area contributed by atoms with Crippen LogP contribution >= 0.6 is 0 Å². The molecule has 0 aliphatic rings. The lowest BCUT2D eigenvalue weighted by molar-refractivity contribution is -0.137. The number of nitrogens with one attached hydrogen (secondary N) is 1. The number of methoxy groups -OCH3 is 1. The maximum Gasteiger partial charge on any atom is 0.416 e. The molecular formula is C23H21F4N3O4. The zero-order valence-electron chi connectivity index (χ0n) is 17.9. The van der Waals surface area contributed by atoms with Crippen molar-refractivity contribution < 1.29 is 36.9 Å². The largest absolute Gasteiger partial charge is 0.481 e. The van der Waals surface area contributed by atoms with Gasteiger partial charge in [-0.25, -0.2) is 9.37 Å². The highest BCUT2D eigenvalue weighted by Gasteiger charge is 2.32. The Morgan fingerprint density at radius 3 is 2.59 bits per heavy atom. The molecule has 180 valence electrons. The van der Waals surface area contributed by atoms with Crippen molar-refractivity contribution in [2.75, 3.05) is 12.4 Å². The first kappa shape index (κ1) is 24.9. The maximum absolute atomic E-state index is 13.8. The number of alkyl halides is 3. The van der Waals surface area contributed by atoms with Gasteiger partial charge in [0.2, 0.25) is 5.88 Å². The number of benzene rings is 2. The minimum absolute atomic E-state index is 0.0148. The molecule has 0 bridgehead atoms. The third-order valence-electron chi connectivity index (χ3n) is 4.71. The van der Waals surface area contributed by atoms with E-state index in [4.69, 9.17) is 15.2 Å². The highest BCUT2D eigenvalue weighted by Crippen LogP contribution is 2.36. The number of ether oxygens (including phenoxy) is 2. The predicted molar refractivity (Wildman–Crippen MR) is 115 cm³/mol. The second-order valence-electron chi connectivity index (χ2n) is 7.21. The van der Waals surface area contributed by atoms with Crippen LogP contribution in [0.4, 0.5) is 23.2 Å². The van der Waals surface area contributed by atoms with Gasteiger partial charge < -0.3 is 25.6 Å². The van der Waals surface area contributed by atoms with Crippen LogP contribution in [0.3, 0.4) is 0 Å². The number of aliphatic hydroxyl groups is 1. The summed E-state index contributed by atoms with van der Waals surface area (Å²) in [6.45, 7) is 0. The number of aryl methyl sites for hydroxylation is 1. The molecule has 1 aromatic heterocycles. The molecule has 0 fully saturated rings. The van der Waals surface area contributed by atoms with Crippen molar-refractivity contribution >= 4 is 11.6 Å². The third-order valence-corrected chi connectivity index (χ3v) is 4.71. The van der Waals surface area contributed by atoms with E-state index in [1.807, 2.05) is 0 Å². The van der Waals surface area contributed by atoms with Crippen LogP contribution in [0, 0.1) is 5.82 Å². The van der Waals surface area contributed by atoms with Gasteiger partial charge >= 0.3 is 6.18 Å². The van der Waals surface area contributed by atoms with Crippen LogP contribution in [-0.2, 0) is 12.6 Å². The number of rotatable bonds is 8. The topological polar surface area (TPSA) is 107 Å². The summed E-state index contributed by atoms with van der Waals surface area (Å²) in [6.07, 6.45) is -4.35. The van der Waals surface area contributed by atoms with Gasteiger partial charge in [-0.3, -0.25) is 4.79 Å². The molecule has 1 amide bonds. The molecule has 1 unspecified atom stereocenters. The quantitative estimate of drug-likeness (QED) is 0.324. The third kappa shape index (κ3) is 6.42. The molecule has 4 N–H and O–H groups in total. The Morgan fingerprint density at radius 2 is 1.91 bits per heavy atom. The molecule has 0 radical (unpaired) electrons. The van der Waals surface area contributed by atoms with E-state index >= 15 is 0 Å². The second-order valence-corrected chi connectivity index (χ2v) is 7.21. The van der Waals surface area contributed by atoms with Crippen molar-refractivity contribution in [3.8, 4) is 17.4 Å². The first-order valence-corrected chi connectivity index (χ1v) is 9.99. The van der Waals surface area contributed by atoms with E-state index in [9.17, 15) is 27.5 Å². The number of anilines is 1. The molecule has 0 saturated heterocycles. The number of nitrogens with zero attached hydrogens (tertiary/aromatic N) is 1. The Morgan fingerprint density at radius 1 is 1.15 bits per heavy atom. The Hall–Kier alpha value is -3.70. The number of carbonyl (C=O) groups excluding carboxylic acids is 1. The SMILES string of the molecule is COc1cc(NC(=O)c2ccc(C(F)(F)F)cc2Oc2ccc(F)cc2CCC(N)O)ccn1. The monoisotopic (exact) mass is 479 g/mol. The van der Waals surface area contributed by atoms with Crippen LogP contribution in [0.15, 0.2) is 54.7 Å². The van der Waals surface area contributed by atoms with E-state index in [-0.39, 0.29) is 35.6 Å². The fourth-order valence-electron chi connectivity index (χ4n) is 3.03. The van der Waals surface area contributed by atoms with Crippen LogP contribution in [-0.4, -0.2) is 29.3 Å². The lowest BCUT2D eigenvalue weighted by Gasteiger charge is -2.17. The maximum atomic E-state index is 13.8. The average molecular weight is 479 g/mol. The molecule has 34 heavy (non-hydrogen) atoms. The number of hydrogen-bond donors (Lipinski definition) is 3. The summed E-state index contributed by atoms with van der Waals surface area (Å²) in [5.41, 5.74) is 4.65. The molecule has 1 atom stereocenters. The minimum atomic E-state index is -4.69. The van der Waals surface area contributed by atoms with E-state index in [1.165, 1.54) is 31.5 Å². The highest BCUT2D eigenvalue weighted by atomic mass is 19.4. The molecule has 0 aliphatic heterocycles. The van der Waals surface area contributed by atoms with E-state index in [0.29, 0.717) is 11.8 Å². The number of carbonyl (C=O) groups is 1. The first-order chi connectivity index (χ1) is 16.1. The Bertz CT molecular complexity index is 1170. The van der Waals surface area contributed by atoms with Gasteiger partial charge in [0.15, 0.2) is 0 Å². The average Bonchev–Trinajstić information content (AvgIpc) is 2.78. The summed E-state index contributed by atoms with van der Waals surface area (Å²) in [7, 11) is 1.39. The number of hydrogen-bond acceptors (Lipinski definition) is 6. The molecule has 3 aromatic rings. The molecule has 3 rings (SSSR count). The highest BCUT2D eigenvalue weighted by molar-refractivity contribution is 6.06. The van der Waals surface area contributed by atoms with Crippen molar-refractivity contribution in [3.63, 3.8) is 0 Å². The van der Waals surface area contributed by atoms with Gasteiger partial charge in [-0.1, -0.05) is 0 Å². The minimum Gasteiger partial charge on any atom is -0.481 e. The van der Waals surface area contributed by atoms with Crippen molar-refractivity contribution in [1.29, 1.82) is 0 Å². The normalized spacial score (nSPS) is 12.2. The number of pyridine rings is 1. The number of aromatic nitrogens is 1. The van der Waals surface area contributed by atoms with Gasteiger partial charge in [0.25, 0.3) is 5.91 Å². The van der Waals surface area contributed by atoms with Gasteiger partial charge in [-0.05, 0) is 60.9 Å². The Kier molecular flexibility index (Phi) is 7.69. The Balaban J connectivity index is 1.99. The fraction of sp³-hybridized carbons (Fsp3) is 0.217. The van der Waals surface area contributed by atoms with Gasteiger partial charge in [0.05, 0.1) is 18.2 Å². The molecule has 0 saturated carbocycles. The molecule has 0 spiro atoms. The van der Waals surface area contributed by atoms with Crippen LogP contribution in [0.5, 0.6) is 17.4 Å². The van der Waals surface area contributed by atoms with Crippen LogP contribution in [0.25, 0.3) is 0 Å². The second kappa shape index (κ2) is 10.5. The van der Waals surface area contributed by atoms with Crippen molar-refractivity contribution in [3.05, 3.63) is 77.2 Å². The van der Waals surface area contributed by atoms with Crippen molar-refractivity contribution in [2.45, 2.75) is 25.2 Å². The first-order valence-electron chi connectivity index (χ1n) is 9.99. The molecule has 0 aliphatic carbocycles. The Labute approximate surface area is 192 Å². The summed E-state index contributed by atoms with van der Waals surface area (Å²) in [6, 6.07) is 8.74. The fourth-order valence-corrected chi connectivity index (χ4v) is 3.03. The molecule has 7 nitrogen and oxygen atoms in total. The lowest BCUT2D eigenvalue weighted by atomic mass is 10.1. The molecule has 1 heterocycles. The van der Waals surface area contributed by atoms with Crippen molar-refractivity contribution in [1.82, 2.24) is 4.98 Å².